The molecule has 1 aromatic carbocycles. The number of rotatable bonds is 4. The molecule has 0 spiro atoms. The SMILES string of the molecule is Cc1ccc2oc(-c3nnc(CNC4CC4)s3)cc2c1. The van der Waals surface area contributed by atoms with Gasteiger partial charge >= 0.3 is 0 Å². The first-order valence-electron chi connectivity index (χ1n) is 6.84. The predicted octanol–water partition coefficient (Wildman–Crippen LogP) is 3.51. The van der Waals surface area contributed by atoms with Crippen LogP contribution in [0.3, 0.4) is 0 Å². The summed E-state index contributed by atoms with van der Waals surface area (Å²) in [5, 5.41) is 14.9. The van der Waals surface area contributed by atoms with Gasteiger partial charge in [0.05, 0.1) is 0 Å². The largest absolute Gasteiger partial charge is 0.453 e. The van der Waals surface area contributed by atoms with Gasteiger partial charge in [-0.25, -0.2) is 0 Å². The van der Waals surface area contributed by atoms with Crippen LogP contribution in [0, 0.1) is 6.92 Å². The van der Waals surface area contributed by atoms with Crippen molar-refractivity contribution in [3.63, 3.8) is 0 Å². The molecule has 102 valence electrons. The first-order valence-corrected chi connectivity index (χ1v) is 7.66. The van der Waals surface area contributed by atoms with Crippen molar-refractivity contribution in [3.05, 3.63) is 34.8 Å². The standard InChI is InChI=1S/C15H15N3OS/c1-9-2-5-12-10(6-9)7-13(19-12)15-18-17-14(20-15)8-16-11-3-4-11/h2,5-7,11,16H,3-4,8H2,1H3. The lowest BCUT2D eigenvalue weighted by Crippen LogP contribution is -2.14. The lowest BCUT2D eigenvalue weighted by atomic mass is 10.2. The Balaban J connectivity index is 1.60. The average Bonchev–Trinajstić information content (AvgIpc) is 2.99. The molecule has 0 amide bonds. The summed E-state index contributed by atoms with van der Waals surface area (Å²) in [7, 11) is 0. The van der Waals surface area contributed by atoms with E-state index in [1.165, 1.54) is 18.4 Å². The molecule has 4 nitrogen and oxygen atoms in total. The van der Waals surface area contributed by atoms with Crippen LogP contribution in [0.25, 0.3) is 21.7 Å². The van der Waals surface area contributed by atoms with E-state index < -0.39 is 0 Å². The van der Waals surface area contributed by atoms with E-state index in [2.05, 4.69) is 34.6 Å². The van der Waals surface area contributed by atoms with Crippen molar-refractivity contribution in [1.29, 1.82) is 0 Å². The van der Waals surface area contributed by atoms with Gasteiger partial charge in [-0.15, -0.1) is 10.2 Å². The summed E-state index contributed by atoms with van der Waals surface area (Å²) in [5.74, 6) is 0.806. The molecule has 5 heteroatoms. The topological polar surface area (TPSA) is 51.0 Å². The molecule has 3 aromatic rings. The van der Waals surface area contributed by atoms with Gasteiger partial charge in [-0.05, 0) is 38.0 Å². The summed E-state index contributed by atoms with van der Waals surface area (Å²) in [4.78, 5) is 0. The van der Waals surface area contributed by atoms with Crippen LogP contribution in [0.5, 0.6) is 0 Å². The summed E-state index contributed by atoms with van der Waals surface area (Å²) < 4.78 is 5.85. The fourth-order valence-electron chi connectivity index (χ4n) is 2.21. The number of aryl methyl sites for hydroxylation is 1. The number of hydrogen-bond donors (Lipinski definition) is 1. The first kappa shape index (κ1) is 12.1. The smallest absolute Gasteiger partial charge is 0.183 e. The third-order valence-electron chi connectivity index (χ3n) is 3.47. The van der Waals surface area contributed by atoms with Gasteiger partial charge in [0.15, 0.2) is 10.8 Å². The second-order valence-corrected chi connectivity index (χ2v) is 6.37. The van der Waals surface area contributed by atoms with Crippen molar-refractivity contribution in [3.8, 4) is 10.8 Å². The summed E-state index contributed by atoms with van der Waals surface area (Å²) in [6.45, 7) is 2.89. The van der Waals surface area contributed by atoms with E-state index in [1.807, 2.05) is 12.1 Å². The number of furan rings is 1. The van der Waals surface area contributed by atoms with E-state index in [9.17, 15) is 0 Å². The van der Waals surface area contributed by atoms with Crippen LogP contribution in [-0.4, -0.2) is 16.2 Å². The van der Waals surface area contributed by atoms with E-state index in [-0.39, 0.29) is 0 Å². The van der Waals surface area contributed by atoms with E-state index in [0.29, 0.717) is 6.04 Å². The Bertz CT molecular complexity index is 757. The van der Waals surface area contributed by atoms with Crippen molar-refractivity contribution >= 4 is 22.3 Å². The maximum atomic E-state index is 5.85. The van der Waals surface area contributed by atoms with Crippen LogP contribution in [0.2, 0.25) is 0 Å². The normalized spacial score (nSPS) is 15.1. The van der Waals surface area contributed by atoms with Gasteiger partial charge in [-0.3, -0.25) is 0 Å². The zero-order valence-corrected chi connectivity index (χ0v) is 12.0. The number of nitrogens with zero attached hydrogens (tertiary/aromatic N) is 2. The van der Waals surface area contributed by atoms with Crippen LogP contribution in [-0.2, 0) is 6.54 Å². The van der Waals surface area contributed by atoms with Crippen LogP contribution in [0.15, 0.2) is 28.7 Å². The van der Waals surface area contributed by atoms with Crippen molar-refractivity contribution < 1.29 is 4.42 Å². The molecule has 4 rings (SSSR count). The van der Waals surface area contributed by atoms with E-state index in [4.69, 9.17) is 4.42 Å². The van der Waals surface area contributed by atoms with Gasteiger partial charge in [0.1, 0.15) is 10.6 Å². The zero-order chi connectivity index (χ0) is 13.5. The molecule has 1 saturated carbocycles. The van der Waals surface area contributed by atoms with Crippen LogP contribution >= 0.6 is 11.3 Å². The fourth-order valence-corrected chi connectivity index (χ4v) is 2.96. The average molecular weight is 285 g/mol. The van der Waals surface area contributed by atoms with Crippen LogP contribution in [0.1, 0.15) is 23.4 Å². The molecule has 1 aliphatic carbocycles. The molecule has 2 aromatic heterocycles. The highest BCUT2D eigenvalue weighted by atomic mass is 32.1. The molecule has 1 aliphatic rings. The van der Waals surface area contributed by atoms with Crippen molar-refractivity contribution in [2.75, 3.05) is 0 Å². The maximum Gasteiger partial charge on any atom is 0.183 e. The molecular weight excluding hydrogens is 270 g/mol. The molecule has 0 radical (unpaired) electrons. The Morgan fingerprint density at radius 2 is 2.20 bits per heavy atom. The molecule has 0 atom stereocenters. The van der Waals surface area contributed by atoms with E-state index in [1.54, 1.807) is 11.3 Å². The number of nitrogens with one attached hydrogen (secondary N) is 1. The zero-order valence-electron chi connectivity index (χ0n) is 11.2. The van der Waals surface area contributed by atoms with Crippen LogP contribution in [0.4, 0.5) is 0 Å². The second-order valence-electron chi connectivity index (χ2n) is 5.31. The van der Waals surface area contributed by atoms with Crippen LogP contribution < -0.4 is 5.32 Å². The van der Waals surface area contributed by atoms with E-state index in [0.717, 1.165) is 33.3 Å². The lowest BCUT2D eigenvalue weighted by Gasteiger charge is -1.95. The van der Waals surface area contributed by atoms with Crippen molar-refractivity contribution in [1.82, 2.24) is 15.5 Å². The highest BCUT2D eigenvalue weighted by Crippen LogP contribution is 2.30. The number of fused-ring (bicyclic) bond motifs is 1. The lowest BCUT2D eigenvalue weighted by molar-refractivity contribution is 0.629. The first-order chi connectivity index (χ1) is 9.78. The highest BCUT2D eigenvalue weighted by molar-refractivity contribution is 7.14. The number of benzene rings is 1. The molecule has 1 N–H and O–H groups in total. The van der Waals surface area contributed by atoms with E-state index >= 15 is 0 Å². The third kappa shape index (κ3) is 2.34. The minimum atomic E-state index is 0.691. The summed E-state index contributed by atoms with van der Waals surface area (Å²) in [6, 6.07) is 8.92. The molecule has 0 aliphatic heterocycles. The number of aromatic nitrogens is 2. The monoisotopic (exact) mass is 285 g/mol. The molecule has 1 fully saturated rings. The molecule has 0 unspecified atom stereocenters. The fraction of sp³-hybridized carbons (Fsp3) is 0.333. The van der Waals surface area contributed by atoms with Gasteiger partial charge in [-0.2, -0.15) is 0 Å². The third-order valence-corrected chi connectivity index (χ3v) is 4.41. The van der Waals surface area contributed by atoms with Gasteiger partial charge in [0.25, 0.3) is 0 Å². The summed E-state index contributed by atoms with van der Waals surface area (Å²) in [6.07, 6.45) is 2.57. The quantitative estimate of drug-likeness (QED) is 0.797. The Morgan fingerprint density at radius 3 is 3.05 bits per heavy atom. The Hall–Kier alpha value is -1.72. The van der Waals surface area contributed by atoms with Gasteiger partial charge in [0, 0.05) is 18.0 Å². The van der Waals surface area contributed by atoms with Crippen molar-refractivity contribution in [2.45, 2.75) is 32.4 Å². The molecular formula is C15H15N3OS. The summed E-state index contributed by atoms with van der Waals surface area (Å²) in [5.41, 5.74) is 2.13. The highest BCUT2D eigenvalue weighted by Gasteiger charge is 2.21. The van der Waals surface area contributed by atoms with Gasteiger partial charge in [-0.1, -0.05) is 23.0 Å². The van der Waals surface area contributed by atoms with Crippen molar-refractivity contribution in [2.24, 2.45) is 0 Å². The second kappa shape index (κ2) is 4.68. The van der Waals surface area contributed by atoms with Gasteiger partial charge < -0.3 is 9.73 Å². The minimum absolute atomic E-state index is 0.691. The summed E-state index contributed by atoms with van der Waals surface area (Å²) >= 11 is 1.60. The van der Waals surface area contributed by atoms with Gasteiger partial charge in [0.2, 0.25) is 0 Å². The molecule has 20 heavy (non-hydrogen) atoms. The molecule has 2 heterocycles. The predicted molar refractivity (Wildman–Crippen MR) is 79.7 cm³/mol. The Morgan fingerprint density at radius 1 is 1.30 bits per heavy atom. The maximum absolute atomic E-state index is 5.85. The molecule has 0 bridgehead atoms. The molecule has 0 saturated heterocycles. The Kier molecular flexibility index (Phi) is 2.82. The Labute approximate surface area is 120 Å². The number of hydrogen-bond acceptors (Lipinski definition) is 5. The minimum Gasteiger partial charge on any atom is -0.453 e.